The average Bonchev–Trinajstić information content (AvgIpc) is 2.25. The Hall–Kier alpha value is -0.810. The van der Waals surface area contributed by atoms with Gasteiger partial charge in [0, 0.05) is 26.2 Å². The minimum atomic E-state index is -0.162. The first kappa shape index (κ1) is 11.3. The van der Waals surface area contributed by atoms with Gasteiger partial charge in [-0.1, -0.05) is 0 Å². The lowest BCUT2D eigenvalue weighted by atomic mass is 10.1. The molecule has 0 saturated carbocycles. The summed E-state index contributed by atoms with van der Waals surface area (Å²) in [6, 6.07) is -0.162. The van der Waals surface area contributed by atoms with Gasteiger partial charge in [0.1, 0.15) is 0 Å². The van der Waals surface area contributed by atoms with Gasteiger partial charge in [0.25, 0.3) is 0 Å². The number of nitrogens with one attached hydrogen (secondary N) is 2. The van der Waals surface area contributed by atoms with Crippen molar-refractivity contribution in [1.29, 1.82) is 0 Å². The Morgan fingerprint density at radius 2 is 2.29 bits per heavy atom. The maximum absolute atomic E-state index is 11.1. The number of rotatable bonds is 4. The molecule has 0 spiro atoms. The molecule has 0 aromatic rings. The van der Waals surface area contributed by atoms with Crippen molar-refractivity contribution in [2.24, 2.45) is 5.73 Å². The summed E-state index contributed by atoms with van der Waals surface area (Å²) >= 11 is 0. The van der Waals surface area contributed by atoms with Gasteiger partial charge in [-0.25, -0.2) is 4.79 Å². The zero-order chi connectivity index (χ0) is 10.2. The number of ether oxygens (including phenoxy) is 1. The second kappa shape index (κ2) is 6.62. The second-order valence-corrected chi connectivity index (χ2v) is 3.41. The molecule has 5 nitrogen and oxygen atoms in total. The Bertz CT molecular complexity index is 169. The normalized spacial score (nSPS) is 21.6. The van der Waals surface area contributed by atoms with Crippen LogP contribution in [0, 0.1) is 0 Å². The van der Waals surface area contributed by atoms with Crippen LogP contribution in [0.1, 0.15) is 19.3 Å². The third kappa shape index (κ3) is 4.43. The monoisotopic (exact) mass is 201 g/mol. The maximum Gasteiger partial charge on any atom is 0.314 e. The van der Waals surface area contributed by atoms with E-state index in [0.717, 1.165) is 19.4 Å². The van der Waals surface area contributed by atoms with Gasteiger partial charge in [0.05, 0.1) is 6.10 Å². The van der Waals surface area contributed by atoms with Crippen LogP contribution < -0.4 is 16.4 Å². The standard InChI is InChI=1S/C9H19N3O2/c10-4-5-11-9(13)12-7-8-3-1-2-6-14-8/h8H,1-7,10H2,(H2,11,12,13). The summed E-state index contributed by atoms with van der Waals surface area (Å²) in [5, 5.41) is 5.40. The Morgan fingerprint density at radius 1 is 1.43 bits per heavy atom. The van der Waals surface area contributed by atoms with Crippen molar-refractivity contribution < 1.29 is 9.53 Å². The minimum absolute atomic E-state index is 0.162. The Morgan fingerprint density at radius 3 is 2.93 bits per heavy atom. The van der Waals surface area contributed by atoms with Crippen LogP contribution in [-0.2, 0) is 4.74 Å². The number of carbonyl (C=O) groups excluding carboxylic acids is 1. The second-order valence-electron chi connectivity index (χ2n) is 3.41. The molecule has 0 radical (unpaired) electrons. The largest absolute Gasteiger partial charge is 0.376 e. The fourth-order valence-corrected chi connectivity index (χ4v) is 1.42. The van der Waals surface area contributed by atoms with Crippen molar-refractivity contribution in [2.45, 2.75) is 25.4 Å². The smallest absolute Gasteiger partial charge is 0.314 e. The molecule has 1 saturated heterocycles. The molecule has 4 N–H and O–H groups in total. The summed E-state index contributed by atoms with van der Waals surface area (Å²) in [5.74, 6) is 0. The van der Waals surface area contributed by atoms with Crippen LogP contribution in [0.15, 0.2) is 0 Å². The van der Waals surface area contributed by atoms with Crippen molar-refractivity contribution in [2.75, 3.05) is 26.2 Å². The van der Waals surface area contributed by atoms with Crippen molar-refractivity contribution in [1.82, 2.24) is 10.6 Å². The van der Waals surface area contributed by atoms with Crippen LogP contribution in [0.3, 0.4) is 0 Å². The van der Waals surface area contributed by atoms with Gasteiger partial charge in [0.15, 0.2) is 0 Å². The van der Waals surface area contributed by atoms with Crippen LogP contribution in [0.4, 0.5) is 4.79 Å². The minimum Gasteiger partial charge on any atom is -0.376 e. The summed E-state index contributed by atoms with van der Waals surface area (Å²) in [7, 11) is 0. The Balaban J connectivity index is 2.03. The van der Waals surface area contributed by atoms with Gasteiger partial charge < -0.3 is 21.1 Å². The highest BCUT2D eigenvalue weighted by Gasteiger charge is 2.14. The van der Waals surface area contributed by atoms with E-state index in [4.69, 9.17) is 10.5 Å². The molecule has 1 atom stereocenters. The molecule has 82 valence electrons. The molecular weight excluding hydrogens is 182 g/mol. The fourth-order valence-electron chi connectivity index (χ4n) is 1.42. The van der Waals surface area contributed by atoms with E-state index >= 15 is 0 Å². The van der Waals surface area contributed by atoms with E-state index in [1.54, 1.807) is 0 Å². The third-order valence-electron chi connectivity index (χ3n) is 2.19. The van der Waals surface area contributed by atoms with Crippen LogP contribution in [0.5, 0.6) is 0 Å². The highest BCUT2D eigenvalue weighted by atomic mass is 16.5. The lowest BCUT2D eigenvalue weighted by Gasteiger charge is -2.22. The molecule has 1 aliphatic rings. The van der Waals surface area contributed by atoms with E-state index in [9.17, 15) is 4.79 Å². The summed E-state index contributed by atoms with van der Waals surface area (Å²) in [4.78, 5) is 11.1. The van der Waals surface area contributed by atoms with Crippen molar-refractivity contribution in [3.63, 3.8) is 0 Å². The maximum atomic E-state index is 11.1. The quantitative estimate of drug-likeness (QED) is 0.590. The number of nitrogens with two attached hydrogens (primary N) is 1. The van der Waals surface area contributed by atoms with E-state index in [-0.39, 0.29) is 12.1 Å². The molecule has 0 aromatic heterocycles. The molecule has 1 unspecified atom stereocenters. The van der Waals surface area contributed by atoms with E-state index in [2.05, 4.69) is 10.6 Å². The van der Waals surface area contributed by atoms with E-state index < -0.39 is 0 Å². The summed E-state index contributed by atoms with van der Waals surface area (Å²) in [6.45, 7) is 2.39. The average molecular weight is 201 g/mol. The first-order valence-corrected chi connectivity index (χ1v) is 5.16. The molecule has 14 heavy (non-hydrogen) atoms. The van der Waals surface area contributed by atoms with Gasteiger partial charge in [-0.2, -0.15) is 0 Å². The fraction of sp³-hybridized carbons (Fsp3) is 0.889. The predicted octanol–water partition coefficient (Wildman–Crippen LogP) is -0.187. The molecule has 0 bridgehead atoms. The highest BCUT2D eigenvalue weighted by molar-refractivity contribution is 5.73. The van der Waals surface area contributed by atoms with Crippen molar-refractivity contribution >= 4 is 6.03 Å². The summed E-state index contributed by atoms with van der Waals surface area (Å²) in [5.41, 5.74) is 5.25. The van der Waals surface area contributed by atoms with Gasteiger partial charge in [-0.3, -0.25) is 0 Å². The third-order valence-corrected chi connectivity index (χ3v) is 2.19. The zero-order valence-electron chi connectivity index (χ0n) is 8.42. The molecule has 2 amide bonds. The Kier molecular flexibility index (Phi) is 5.32. The number of urea groups is 1. The molecule has 1 rings (SSSR count). The number of amides is 2. The molecule has 1 fully saturated rings. The van der Waals surface area contributed by atoms with Crippen molar-refractivity contribution in [3.05, 3.63) is 0 Å². The molecule has 5 heteroatoms. The lowest BCUT2D eigenvalue weighted by molar-refractivity contribution is 0.0185. The molecule has 1 heterocycles. The number of hydrogen-bond donors (Lipinski definition) is 3. The molecule has 1 aliphatic heterocycles. The van der Waals surface area contributed by atoms with Gasteiger partial charge in [-0.15, -0.1) is 0 Å². The van der Waals surface area contributed by atoms with Gasteiger partial charge in [-0.05, 0) is 19.3 Å². The lowest BCUT2D eigenvalue weighted by Crippen LogP contribution is -2.42. The van der Waals surface area contributed by atoms with E-state index in [1.165, 1.54) is 6.42 Å². The van der Waals surface area contributed by atoms with E-state index in [0.29, 0.717) is 19.6 Å². The SMILES string of the molecule is NCCNC(=O)NCC1CCCCO1. The summed E-state index contributed by atoms with van der Waals surface area (Å²) in [6.07, 6.45) is 3.55. The zero-order valence-corrected chi connectivity index (χ0v) is 8.42. The highest BCUT2D eigenvalue weighted by Crippen LogP contribution is 2.11. The van der Waals surface area contributed by atoms with Crippen molar-refractivity contribution in [3.8, 4) is 0 Å². The van der Waals surface area contributed by atoms with Gasteiger partial charge >= 0.3 is 6.03 Å². The number of carbonyl (C=O) groups is 1. The summed E-state index contributed by atoms with van der Waals surface area (Å²) < 4.78 is 5.47. The van der Waals surface area contributed by atoms with Crippen LogP contribution in [0.2, 0.25) is 0 Å². The topological polar surface area (TPSA) is 76.4 Å². The van der Waals surface area contributed by atoms with E-state index in [1.807, 2.05) is 0 Å². The Labute approximate surface area is 84.4 Å². The van der Waals surface area contributed by atoms with Gasteiger partial charge in [0.2, 0.25) is 0 Å². The van der Waals surface area contributed by atoms with Crippen LogP contribution in [0.25, 0.3) is 0 Å². The molecular formula is C9H19N3O2. The first-order valence-electron chi connectivity index (χ1n) is 5.16. The predicted molar refractivity (Wildman–Crippen MR) is 54.0 cm³/mol. The number of hydrogen-bond acceptors (Lipinski definition) is 3. The molecule has 0 aliphatic carbocycles. The molecule has 0 aromatic carbocycles. The van der Waals surface area contributed by atoms with Crippen LogP contribution in [-0.4, -0.2) is 38.4 Å². The van der Waals surface area contributed by atoms with Crippen LogP contribution >= 0.6 is 0 Å². The first-order chi connectivity index (χ1) is 6.83.